The number of carbonyl (C=O) groups excluding carboxylic acids is 1. The van der Waals surface area contributed by atoms with Crippen molar-refractivity contribution >= 4 is 5.91 Å². The standard InChI is InChI=1S/C27H29N3O2/c1-3-5-9-24-16-15-23(18-29-26(31)4-2)27(32)30(24)19-20-11-13-21(14-12-20)25-10-7-6-8-22(25)17-28/h6-8,10-16H,3-5,9,18-19H2,1-2H3,(H,29,31). The molecule has 2 aromatic carbocycles. The second kappa shape index (κ2) is 11.1. The average molecular weight is 428 g/mol. The molecule has 5 heteroatoms. The van der Waals surface area contributed by atoms with E-state index in [9.17, 15) is 14.9 Å². The molecule has 1 N–H and O–H groups in total. The molecule has 0 aliphatic heterocycles. The van der Waals surface area contributed by atoms with E-state index in [-0.39, 0.29) is 18.0 Å². The number of unbranched alkanes of at least 4 members (excludes halogenated alkanes) is 1. The van der Waals surface area contributed by atoms with Crippen molar-refractivity contribution in [1.29, 1.82) is 5.26 Å². The van der Waals surface area contributed by atoms with Crippen LogP contribution < -0.4 is 10.9 Å². The molecule has 0 saturated carbocycles. The van der Waals surface area contributed by atoms with Crippen molar-refractivity contribution in [3.63, 3.8) is 0 Å². The van der Waals surface area contributed by atoms with Crippen molar-refractivity contribution in [3.8, 4) is 17.2 Å². The summed E-state index contributed by atoms with van der Waals surface area (Å²) < 4.78 is 1.82. The van der Waals surface area contributed by atoms with Crippen LogP contribution in [0.2, 0.25) is 0 Å². The average Bonchev–Trinajstić information content (AvgIpc) is 2.84. The lowest BCUT2D eigenvalue weighted by Crippen LogP contribution is -2.31. The summed E-state index contributed by atoms with van der Waals surface area (Å²) in [5, 5.41) is 12.2. The maximum absolute atomic E-state index is 13.2. The van der Waals surface area contributed by atoms with Crippen LogP contribution in [0.15, 0.2) is 65.5 Å². The zero-order valence-corrected chi connectivity index (χ0v) is 18.7. The third-order valence-corrected chi connectivity index (χ3v) is 5.58. The number of hydrogen-bond acceptors (Lipinski definition) is 3. The SMILES string of the molecule is CCCCc1ccc(CNC(=O)CC)c(=O)n1Cc1ccc(-c2ccccc2C#N)cc1. The molecule has 0 radical (unpaired) electrons. The summed E-state index contributed by atoms with van der Waals surface area (Å²) in [4.78, 5) is 24.8. The van der Waals surface area contributed by atoms with E-state index in [2.05, 4.69) is 18.3 Å². The van der Waals surface area contributed by atoms with E-state index in [0.29, 0.717) is 24.1 Å². The molecule has 0 spiro atoms. The van der Waals surface area contributed by atoms with Gasteiger partial charge in [-0.25, -0.2) is 0 Å². The zero-order valence-electron chi connectivity index (χ0n) is 18.7. The maximum Gasteiger partial charge on any atom is 0.256 e. The van der Waals surface area contributed by atoms with Crippen molar-refractivity contribution in [2.45, 2.75) is 52.6 Å². The first kappa shape index (κ1) is 23.0. The van der Waals surface area contributed by atoms with Crippen LogP contribution in [0.25, 0.3) is 11.1 Å². The molecule has 164 valence electrons. The Morgan fingerprint density at radius 1 is 1.03 bits per heavy atom. The van der Waals surface area contributed by atoms with E-state index >= 15 is 0 Å². The Bertz CT molecular complexity index is 1170. The zero-order chi connectivity index (χ0) is 22.9. The third kappa shape index (κ3) is 5.53. The van der Waals surface area contributed by atoms with Gasteiger partial charge in [0.2, 0.25) is 5.91 Å². The number of carbonyl (C=O) groups is 1. The van der Waals surface area contributed by atoms with Gasteiger partial charge in [0.05, 0.1) is 18.2 Å². The Balaban J connectivity index is 1.89. The molecule has 3 aromatic rings. The monoisotopic (exact) mass is 427 g/mol. The summed E-state index contributed by atoms with van der Waals surface area (Å²) in [6, 6.07) is 21.6. The summed E-state index contributed by atoms with van der Waals surface area (Å²) in [6.07, 6.45) is 3.29. The number of hydrogen-bond donors (Lipinski definition) is 1. The second-order valence-corrected chi connectivity index (χ2v) is 7.83. The van der Waals surface area contributed by atoms with E-state index in [1.54, 1.807) is 6.92 Å². The number of pyridine rings is 1. The van der Waals surface area contributed by atoms with Crippen LogP contribution in [0, 0.1) is 11.3 Å². The van der Waals surface area contributed by atoms with Crippen LogP contribution >= 0.6 is 0 Å². The molecule has 32 heavy (non-hydrogen) atoms. The number of nitrogens with zero attached hydrogens (tertiary/aromatic N) is 2. The number of benzene rings is 2. The summed E-state index contributed by atoms with van der Waals surface area (Å²) >= 11 is 0. The lowest BCUT2D eigenvalue weighted by atomic mass is 9.99. The number of nitrogens with one attached hydrogen (secondary N) is 1. The molecule has 5 nitrogen and oxygen atoms in total. The van der Waals surface area contributed by atoms with Gasteiger partial charge in [0.15, 0.2) is 0 Å². The molecular formula is C27H29N3O2. The quantitative estimate of drug-likeness (QED) is 0.533. The minimum absolute atomic E-state index is 0.0612. The fraction of sp³-hybridized carbons (Fsp3) is 0.296. The van der Waals surface area contributed by atoms with Gasteiger partial charge < -0.3 is 9.88 Å². The molecule has 0 aliphatic carbocycles. The molecule has 3 rings (SSSR count). The van der Waals surface area contributed by atoms with E-state index < -0.39 is 0 Å². The van der Waals surface area contributed by atoms with E-state index in [1.165, 1.54) is 0 Å². The number of amides is 1. The van der Waals surface area contributed by atoms with Gasteiger partial charge >= 0.3 is 0 Å². The van der Waals surface area contributed by atoms with Crippen LogP contribution in [0.4, 0.5) is 0 Å². The van der Waals surface area contributed by atoms with Gasteiger partial charge in [-0.1, -0.05) is 62.7 Å². The van der Waals surface area contributed by atoms with Crippen molar-refractivity contribution in [3.05, 3.63) is 93.4 Å². The fourth-order valence-electron chi connectivity index (χ4n) is 3.67. The molecule has 0 saturated heterocycles. The summed E-state index contributed by atoms with van der Waals surface area (Å²) in [5.41, 5.74) is 5.05. The van der Waals surface area contributed by atoms with E-state index in [4.69, 9.17) is 0 Å². The smallest absolute Gasteiger partial charge is 0.256 e. The van der Waals surface area contributed by atoms with Crippen LogP contribution in [-0.2, 0) is 24.3 Å². The molecule has 0 fully saturated rings. The number of rotatable bonds is 9. The number of nitriles is 1. The molecule has 0 bridgehead atoms. The minimum atomic E-state index is -0.0701. The predicted octanol–water partition coefficient (Wildman–Crippen LogP) is 4.80. The number of aryl methyl sites for hydroxylation is 1. The molecule has 1 aromatic heterocycles. The predicted molar refractivity (Wildman–Crippen MR) is 127 cm³/mol. The summed E-state index contributed by atoms with van der Waals surface area (Å²) in [5.74, 6) is -0.0701. The van der Waals surface area contributed by atoms with Crippen molar-refractivity contribution < 1.29 is 4.79 Å². The Morgan fingerprint density at radius 3 is 2.47 bits per heavy atom. The van der Waals surface area contributed by atoms with Crippen molar-refractivity contribution in [1.82, 2.24) is 9.88 Å². The van der Waals surface area contributed by atoms with Crippen LogP contribution in [-0.4, -0.2) is 10.5 Å². The lowest BCUT2D eigenvalue weighted by molar-refractivity contribution is -0.120. The fourth-order valence-corrected chi connectivity index (χ4v) is 3.67. The van der Waals surface area contributed by atoms with Gasteiger partial charge in [0, 0.05) is 24.2 Å². The minimum Gasteiger partial charge on any atom is -0.352 e. The van der Waals surface area contributed by atoms with Gasteiger partial charge in [-0.05, 0) is 47.7 Å². The molecule has 0 aliphatic rings. The molecule has 1 amide bonds. The molecular weight excluding hydrogens is 398 g/mol. The highest BCUT2D eigenvalue weighted by Gasteiger charge is 2.11. The Labute approximate surface area is 189 Å². The van der Waals surface area contributed by atoms with Crippen molar-refractivity contribution in [2.75, 3.05) is 0 Å². The Morgan fingerprint density at radius 2 is 1.78 bits per heavy atom. The Hall–Kier alpha value is -3.65. The highest BCUT2D eigenvalue weighted by Crippen LogP contribution is 2.23. The van der Waals surface area contributed by atoms with Crippen LogP contribution in [0.5, 0.6) is 0 Å². The van der Waals surface area contributed by atoms with E-state index in [1.807, 2.05) is 65.2 Å². The topological polar surface area (TPSA) is 74.9 Å². The molecule has 0 atom stereocenters. The van der Waals surface area contributed by atoms with E-state index in [0.717, 1.165) is 41.6 Å². The van der Waals surface area contributed by atoms with Crippen LogP contribution in [0.1, 0.15) is 55.5 Å². The van der Waals surface area contributed by atoms with Gasteiger partial charge in [0.1, 0.15) is 0 Å². The maximum atomic E-state index is 13.2. The van der Waals surface area contributed by atoms with Crippen molar-refractivity contribution in [2.24, 2.45) is 0 Å². The first-order chi connectivity index (χ1) is 15.6. The van der Waals surface area contributed by atoms with Gasteiger partial charge in [-0.15, -0.1) is 0 Å². The van der Waals surface area contributed by atoms with Gasteiger partial charge in [-0.2, -0.15) is 5.26 Å². The molecule has 0 unspecified atom stereocenters. The molecule has 1 heterocycles. The first-order valence-corrected chi connectivity index (χ1v) is 11.1. The lowest BCUT2D eigenvalue weighted by Gasteiger charge is -2.15. The largest absolute Gasteiger partial charge is 0.352 e. The van der Waals surface area contributed by atoms with Crippen LogP contribution in [0.3, 0.4) is 0 Å². The van der Waals surface area contributed by atoms with Gasteiger partial charge in [0.25, 0.3) is 5.56 Å². The summed E-state index contributed by atoms with van der Waals surface area (Å²) in [7, 11) is 0. The van der Waals surface area contributed by atoms with Gasteiger partial charge in [-0.3, -0.25) is 9.59 Å². The summed E-state index contributed by atoms with van der Waals surface area (Å²) in [6.45, 7) is 4.63. The normalized spacial score (nSPS) is 10.5. The number of aromatic nitrogens is 1. The highest BCUT2D eigenvalue weighted by molar-refractivity contribution is 5.75. The third-order valence-electron chi connectivity index (χ3n) is 5.58. The first-order valence-electron chi connectivity index (χ1n) is 11.1. The second-order valence-electron chi connectivity index (χ2n) is 7.83. The highest BCUT2D eigenvalue weighted by atomic mass is 16.1. The Kier molecular flexibility index (Phi) is 7.99.